The summed E-state index contributed by atoms with van der Waals surface area (Å²) >= 11 is 0. The summed E-state index contributed by atoms with van der Waals surface area (Å²) in [5, 5.41) is 2.70. The minimum absolute atomic E-state index is 0.0268. The zero-order valence-corrected chi connectivity index (χ0v) is 15.7. The van der Waals surface area contributed by atoms with E-state index in [1.54, 1.807) is 0 Å². The SMILES string of the molecule is CN1C(=O)c2cccc(Nc3nc(=O)c(F)cn3Cc3cc(F)c(F)c(F)c3)c2C1=O. The maximum absolute atomic E-state index is 13.9. The summed E-state index contributed by atoms with van der Waals surface area (Å²) in [6.45, 7) is -0.386. The first-order valence-corrected chi connectivity index (χ1v) is 8.80. The first-order chi connectivity index (χ1) is 14.7. The average molecular weight is 432 g/mol. The molecule has 0 spiro atoms. The summed E-state index contributed by atoms with van der Waals surface area (Å²) in [7, 11) is 1.30. The summed E-state index contributed by atoms with van der Waals surface area (Å²) in [6, 6.07) is 5.81. The van der Waals surface area contributed by atoms with Crippen molar-refractivity contribution in [1.29, 1.82) is 0 Å². The maximum atomic E-state index is 13.9. The Balaban J connectivity index is 1.78. The van der Waals surface area contributed by atoms with Crippen molar-refractivity contribution in [2.75, 3.05) is 12.4 Å². The van der Waals surface area contributed by atoms with E-state index in [0.717, 1.165) is 27.8 Å². The molecule has 2 heterocycles. The van der Waals surface area contributed by atoms with Crippen LogP contribution >= 0.6 is 0 Å². The van der Waals surface area contributed by atoms with E-state index < -0.39 is 40.6 Å². The number of amides is 2. The second kappa shape index (κ2) is 7.35. The molecule has 2 amide bonds. The second-order valence-electron chi connectivity index (χ2n) is 6.74. The highest BCUT2D eigenvalue weighted by Gasteiger charge is 2.35. The van der Waals surface area contributed by atoms with Gasteiger partial charge in [-0.25, -0.2) is 13.2 Å². The van der Waals surface area contributed by atoms with Crippen LogP contribution in [0.25, 0.3) is 0 Å². The van der Waals surface area contributed by atoms with Crippen LogP contribution in [0.3, 0.4) is 0 Å². The zero-order valence-electron chi connectivity index (χ0n) is 15.7. The van der Waals surface area contributed by atoms with Crippen LogP contribution in [0, 0.1) is 23.3 Å². The van der Waals surface area contributed by atoms with Crippen LogP contribution in [0.15, 0.2) is 41.3 Å². The number of hydrogen-bond acceptors (Lipinski definition) is 5. The Morgan fingerprint density at radius 3 is 2.32 bits per heavy atom. The molecule has 0 radical (unpaired) electrons. The van der Waals surface area contributed by atoms with Crippen molar-refractivity contribution in [3.8, 4) is 0 Å². The minimum atomic E-state index is -1.65. The predicted molar refractivity (Wildman–Crippen MR) is 100 cm³/mol. The van der Waals surface area contributed by atoms with Crippen molar-refractivity contribution >= 4 is 23.5 Å². The van der Waals surface area contributed by atoms with E-state index in [1.807, 2.05) is 0 Å². The molecule has 11 heteroatoms. The lowest BCUT2D eigenvalue weighted by atomic mass is 10.1. The molecule has 7 nitrogen and oxygen atoms in total. The third-order valence-corrected chi connectivity index (χ3v) is 4.71. The van der Waals surface area contributed by atoms with Crippen molar-refractivity contribution < 1.29 is 27.2 Å². The number of nitrogens with one attached hydrogen (secondary N) is 1. The second-order valence-corrected chi connectivity index (χ2v) is 6.74. The molecule has 1 N–H and O–H groups in total. The van der Waals surface area contributed by atoms with Crippen LogP contribution in [-0.4, -0.2) is 33.3 Å². The molecule has 0 aliphatic carbocycles. The number of fused-ring (bicyclic) bond motifs is 1. The molecule has 0 fully saturated rings. The van der Waals surface area contributed by atoms with E-state index in [2.05, 4.69) is 10.3 Å². The van der Waals surface area contributed by atoms with Crippen molar-refractivity contribution in [3.05, 3.63) is 86.8 Å². The first-order valence-electron chi connectivity index (χ1n) is 8.80. The highest BCUT2D eigenvalue weighted by atomic mass is 19.2. The fourth-order valence-electron chi connectivity index (χ4n) is 3.21. The van der Waals surface area contributed by atoms with Gasteiger partial charge in [0.05, 0.1) is 23.4 Å². The number of rotatable bonds is 4. The molecular formula is C20H12F4N4O3. The van der Waals surface area contributed by atoms with Gasteiger partial charge in [0.15, 0.2) is 17.5 Å². The van der Waals surface area contributed by atoms with Crippen LogP contribution in [0.5, 0.6) is 0 Å². The van der Waals surface area contributed by atoms with Gasteiger partial charge in [0.2, 0.25) is 11.8 Å². The molecule has 31 heavy (non-hydrogen) atoms. The summed E-state index contributed by atoms with van der Waals surface area (Å²) in [4.78, 5) is 40.8. The zero-order chi connectivity index (χ0) is 22.4. The van der Waals surface area contributed by atoms with E-state index in [4.69, 9.17) is 0 Å². The van der Waals surface area contributed by atoms with Crippen LogP contribution in [0.4, 0.5) is 29.2 Å². The number of aromatic nitrogens is 2. The lowest BCUT2D eigenvalue weighted by Crippen LogP contribution is -2.24. The monoisotopic (exact) mass is 432 g/mol. The molecule has 1 aliphatic heterocycles. The van der Waals surface area contributed by atoms with Crippen molar-refractivity contribution in [2.24, 2.45) is 0 Å². The summed E-state index contributed by atoms with van der Waals surface area (Å²) in [5.41, 5.74) is -1.03. The van der Waals surface area contributed by atoms with Gasteiger partial charge < -0.3 is 9.88 Å². The normalized spacial score (nSPS) is 13.0. The van der Waals surface area contributed by atoms with Gasteiger partial charge in [0, 0.05) is 13.2 Å². The predicted octanol–water partition coefficient (Wildman–Crippen LogP) is 2.82. The largest absolute Gasteiger partial charge is 0.325 e. The molecule has 1 aromatic heterocycles. The van der Waals surface area contributed by atoms with Crippen molar-refractivity contribution in [2.45, 2.75) is 6.54 Å². The van der Waals surface area contributed by atoms with Crippen LogP contribution in [-0.2, 0) is 6.54 Å². The number of halogens is 4. The van der Waals surface area contributed by atoms with Gasteiger partial charge >= 0.3 is 5.56 Å². The van der Waals surface area contributed by atoms with E-state index in [0.29, 0.717) is 0 Å². The highest BCUT2D eigenvalue weighted by Crippen LogP contribution is 2.30. The minimum Gasteiger partial charge on any atom is -0.325 e. The lowest BCUT2D eigenvalue weighted by Gasteiger charge is -2.15. The Bertz CT molecular complexity index is 1300. The highest BCUT2D eigenvalue weighted by molar-refractivity contribution is 6.23. The summed E-state index contributed by atoms with van der Waals surface area (Å²) < 4.78 is 55.2. The Labute approximate surface area is 171 Å². The lowest BCUT2D eigenvalue weighted by molar-refractivity contribution is 0.0693. The summed E-state index contributed by atoms with van der Waals surface area (Å²) in [6.07, 6.45) is 0.749. The molecule has 0 saturated heterocycles. The molecule has 0 bridgehead atoms. The van der Waals surface area contributed by atoms with E-state index in [-0.39, 0.29) is 34.9 Å². The van der Waals surface area contributed by atoms with Gasteiger partial charge in [-0.15, -0.1) is 0 Å². The topological polar surface area (TPSA) is 84.3 Å². The molecule has 0 saturated carbocycles. The molecule has 1 aliphatic rings. The van der Waals surface area contributed by atoms with Crippen molar-refractivity contribution in [3.63, 3.8) is 0 Å². The number of hydrogen-bond donors (Lipinski definition) is 1. The molecule has 158 valence electrons. The van der Waals surface area contributed by atoms with Crippen LogP contribution in [0.1, 0.15) is 26.3 Å². The number of nitrogens with zero attached hydrogens (tertiary/aromatic N) is 3. The Morgan fingerprint density at radius 2 is 1.65 bits per heavy atom. The van der Waals surface area contributed by atoms with Gasteiger partial charge in [0.25, 0.3) is 11.8 Å². The van der Waals surface area contributed by atoms with Gasteiger partial charge in [-0.1, -0.05) is 6.07 Å². The fourth-order valence-corrected chi connectivity index (χ4v) is 3.21. The fraction of sp³-hybridized carbons (Fsp3) is 0.100. The maximum Gasteiger partial charge on any atom is 0.310 e. The third-order valence-electron chi connectivity index (χ3n) is 4.71. The number of anilines is 2. The molecular weight excluding hydrogens is 420 g/mol. The number of carbonyl (C=O) groups is 2. The number of imide groups is 1. The summed E-state index contributed by atoms with van der Waals surface area (Å²) in [5.74, 6) is -7.15. The standard InChI is InChI=1S/C20H12F4N4O3/c1-27-18(30)10-3-2-4-14(15(10)19(27)31)25-20-26-17(29)13(23)8-28(20)7-9-5-11(21)16(24)12(22)6-9/h2-6,8H,7H2,1H3,(H,25,26,29). The molecule has 4 rings (SSSR count). The van der Waals surface area contributed by atoms with E-state index in [1.165, 1.54) is 25.2 Å². The van der Waals surface area contributed by atoms with E-state index in [9.17, 15) is 31.9 Å². The van der Waals surface area contributed by atoms with E-state index >= 15 is 0 Å². The molecule has 2 aromatic carbocycles. The average Bonchev–Trinajstić information content (AvgIpc) is 2.95. The van der Waals surface area contributed by atoms with Gasteiger partial charge in [-0.05, 0) is 29.8 Å². The Kier molecular flexibility index (Phi) is 4.80. The molecule has 3 aromatic rings. The Morgan fingerprint density at radius 1 is 0.968 bits per heavy atom. The quantitative estimate of drug-likeness (QED) is 0.390. The number of benzene rings is 2. The van der Waals surface area contributed by atoms with Gasteiger partial charge in [0.1, 0.15) is 0 Å². The third kappa shape index (κ3) is 3.43. The van der Waals surface area contributed by atoms with Crippen molar-refractivity contribution in [1.82, 2.24) is 14.5 Å². The van der Waals surface area contributed by atoms with Gasteiger partial charge in [-0.2, -0.15) is 9.37 Å². The van der Waals surface area contributed by atoms with Gasteiger partial charge in [-0.3, -0.25) is 19.3 Å². The number of carbonyl (C=O) groups excluding carboxylic acids is 2. The first kappa shape index (κ1) is 20.3. The smallest absolute Gasteiger partial charge is 0.310 e. The van der Waals surface area contributed by atoms with Crippen LogP contribution in [0.2, 0.25) is 0 Å². The molecule has 0 atom stereocenters. The Hall–Kier alpha value is -4.02. The van der Waals surface area contributed by atoms with Crippen LogP contribution < -0.4 is 10.9 Å². The molecule has 0 unspecified atom stereocenters.